The summed E-state index contributed by atoms with van der Waals surface area (Å²) in [6.45, 7) is 3.66. The van der Waals surface area contributed by atoms with E-state index in [1.165, 1.54) is 0 Å². The summed E-state index contributed by atoms with van der Waals surface area (Å²) in [6, 6.07) is 4.22. The molecule has 78 valence electrons. The van der Waals surface area contributed by atoms with Gasteiger partial charge in [0.25, 0.3) is 0 Å². The first kappa shape index (κ1) is 10.3. The molecule has 3 heteroatoms. The lowest BCUT2D eigenvalue weighted by Crippen LogP contribution is -2.06. The Hall–Kier alpha value is -1.20. The van der Waals surface area contributed by atoms with Crippen LogP contribution in [0.4, 0.5) is 0 Å². The molecule has 2 rings (SSSR count). The lowest BCUT2D eigenvalue weighted by atomic mass is 9.91. The number of nitriles is 1. The fraction of sp³-hybridized carbons (Fsp3) is 0.417. The summed E-state index contributed by atoms with van der Waals surface area (Å²) in [4.78, 5) is 0. The molecule has 1 saturated carbocycles. The van der Waals surface area contributed by atoms with E-state index in [1.807, 2.05) is 13.0 Å². The van der Waals surface area contributed by atoms with Crippen LogP contribution >= 0.6 is 11.6 Å². The van der Waals surface area contributed by atoms with Gasteiger partial charge in [0.1, 0.15) is 5.75 Å². The van der Waals surface area contributed by atoms with Gasteiger partial charge in [0.2, 0.25) is 0 Å². The maximum atomic E-state index is 9.66. The summed E-state index contributed by atoms with van der Waals surface area (Å²) in [5, 5.41) is 19.2. The molecule has 1 aromatic carbocycles. The Kier molecular flexibility index (Phi) is 2.17. The van der Waals surface area contributed by atoms with Crippen molar-refractivity contribution in [3.05, 3.63) is 27.8 Å². The molecule has 0 radical (unpaired) electrons. The van der Waals surface area contributed by atoms with E-state index in [-0.39, 0.29) is 11.2 Å². The number of aryl methyl sites for hydroxylation is 1. The van der Waals surface area contributed by atoms with Crippen molar-refractivity contribution in [2.75, 3.05) is 0 Å². The molecule has 1 fully saturated rings. The maximum Gasteiger partial charge on any atom is 0.137 e. The smallest absolute Gasteiger partial charge is 0.137 e. The molecule has 0 aromatic heterocycles. The standard InChI is InChI=1S/C12H12ClNO/c1-7-5-9(12(6-14)3-4-12)8(2)10(13)11(7)15/h5,15H,3-4H2,1-2H3. The Bertz CT molecular complexity index is 469. The van der Waals surface area contributed by atoms with E-state index in [0.717, 1.165) is 29.5 Å². The average Bonchev–Trinajstić information content (AvgIpc) is 3.01. The highest BCUT2D eigenvalue weighted by Crippen LogP contribution is 2.51. The summed E-state index contributed by atoms with van der Waals surface area (Å²) >= 11 is 6.02. The Morgan fingerprint density at radius 3 is 2.53 bits per heavy atom. The van der Waals surface area contributed by atoms with Gasteiger partial charge in [-0.25, -0.2) is 0 Å². The first-order valence-corrected chi connectivity index (χ1v) is 5.30. The van der Waals surface area contributed by atoms with Gasteiger partial charge in [-0.2, -0.15) is 5.26 Å². The molecule has 0 spiro atoms. The summed E-state index contributed by atoms with van der Waals surface area (Å²) in [6.07, 6.45) is 1.79. The molecule has 0 atom stereocenters. The zero-order chi connectivity index (χ0) is 11.2. The van der Waals surface area contributed by atoms with Crippen LogP contribution in [0.1, 0.15) is 29.5 Å². The zero-order valence-electron chi connectivity index (χ0n) is 8.76. The number of hydrogen-bond donors (Lipinski definition) is 1. The van der Waals surface area contributed by atoms with Crippen LogP contribution in [-0.2, 0) is 5.41 Å². The molecule has 2 nitrogen and oxygen atoms in total. The normalized spacial score (nSPS) is 17.2. The third kappa shape index (κ3) is 1.39. The van der Waals surface area contributed by atoms with E-state index in [9.17, 15) is 5.11 Å². The van der Waals surface area contributed by atoms with Gasteiger partial charge in [-0.3, -0.25) is 0 Å². The molecule has 1 aromatic rings. The lowest BCUT2D eigenvalue weighted by Gasteiger charge is -2.14. The van der Waals surface area contributed by atoms with Crippen molar-refractivity contribution in [2.45, 2.75) is 32.1 Å². The maximum absolute atomic E-state index is 9.66. The second-order valence-electron chi connectivity index (χ2n) is 4.22. The highest BCUT2D eigenvalue weighted by atomic mass is 35.5. The predicted molar refractivity (Wildman–Crippen MR) is 59.1 cm³/mol. The van der Waals surface area contributed by atoms with Crippen molar-refractivity contribution < 1.29 is 5.11 Å². The van der Waals surface area contributed by atoms with Crippen molar-refractivity contribution in [1.29, 1.82) is 5.26 Å². The molecule has 0 saturated heterocycles. The first-order chi connectivity index (χ1) is 7.02. The molecular weight excluding hydrogens is 210 g/mol. The largest absolute Gasteiger partial charge is 0.506 e. The molecule has 0 aliphatic heterocycles. The number of halogens is 1. The van der Waals surface area contributed by atoms with Crippen LogP contribution in [0.5, 0.6) is 5.75 Å². The quantitative estimate of drug-likeness (QED) is 0.792. The molecular formula is C12H12ClNO. The molecule has 1 aliphatic carbocycles. The molecule has 0 heterocycles. The van der Waals surface area contributed by atoms with Crippen LogP contribution in [0, 0.1) is 25.2 Å². The van der Waals surface area contributed by atoms with Gasteiger partial charge in [0.05, 0.1) is 16.5 Å². The van der Waals surface area contributed by atoms with Crippen molar-refractivity contribution >= 4 is 11.6 Å². The fourth-order valence-electron chi connectivity index (χ4n) is 1.93. The fourth-order valence-corrected chi connectivity index (χ4v) is 2.18. The molecule has 1 N–H and O–H groups in total. The number of nitrogens with zero attached hydrogens (tertiary/aromatic N) is 1. The monoisotopic (exact) mass is 221 g/mol. The van der Waals surface area contributed by atoms with Crippen LogP contribution in [0.2, 0.25) is 5.02 Å². The number of aromatic hydroxyl groups is 1. The Balaban J connectivity index is 2.65. The van der Waals surface area contributed by atoms with Gasteiger partial charge < -0.3 is 5.11 Å². The Morgan fingerprint density at radius 2 is 2.07 bits per heavy atom. The minimum atomic E-state index is -0.341. The van der Waals surface area contributed by atoms with Gasteiger partial charge >= 0.3 is 0 Å². The van der Waals surface area contributed by atoms with Gasteiger partial charge in [0, 0.05) is 0 Å². The molecule has 15 heavy (non-hydrogen) atoms. The summed E-state index contributed by atoms with van der Waals surface area (Å²) in [5.74, 6) is 0.131. The van der Waals surface area contributed by atoms with Gasteiger partial charge in [-0.05, 0) is 43.4 Å². The predicted octanol–water partition coefficient (Wildman–Crippen LogP) is 3.22. The molecule has 0 bridgehead atoms. The van der Waals surface area contributed by atoms with E-state index >= 15 is 0 Å². The number of hydrogen-bond acceptors (Lipinski definition) is 2. The summed E-state index contributed by atoms with van der Waals surface area (Å²) in [7, 11) is 0. The third-order valence-electron chi connectivity index (χ3n) is 3.16. The Labute approximate surface area is 94.1 Å². The van der Waals surface area contributed by atoms with Crippen LogP contribution < -0.4 is 0 Å². The lowest BCUT2D eigenvalue weighted by molar-refractivity contribution is 0.470. The molecule has 0 amide bonds. The van der Waals surface area contributed by atoms with Gasteiger partial charge in [0.15, 0.2) is 0 Å². The third-order valence-corrected chi connectivity index (χ3v) is 3.62. The van der Waals surface area contributed by atoms with Crippen molar-refractivity contribution in [3.63, 3.8) is 0 Å². The van der Waals surface area contributed by atoms with Crippen molar-refractivity contribution in [2.24, 2.45) is 0 Å². The second-order valence-corrected chi connectivity index (χ2v) is 4.60. The number of phenolic OH excluding ortho intramolecular Hbond substituents is 1. The number of benzene rings is 1. The van der Waals surface area contributed by atoms with E-state index in [0.29, 0.717) is 5.02 Å². The first-order valence-electron chi connectivity index (χ1n) is 4.92. The number of phenols is 1. The number of rotatable bonds is 1. The van der Waals surface area contributed by atoms with Crippen molar-refractivity contribution in [1.82, 2.24) is 0 Å². The minimum Gasteiger partial charge on any atom is -0.506 e. The zero-order valence-corrected chi connectivity index (χ0v) is 9.52. The highest BCUT2D eigenvalue weighted by molar-refractivity contribution is 6.33. The second kappa shape index (κ2) is 3.15. The minimum absolute atomic E-state index is 0.131. The topological polar surface area (TPSA) is 44.0 Å². The highest BCUT2D eigenvalue weighted by Gasteiger charge is 2.46. The average molecular weight is 222 g/mol. The van der Waals surface area contributed by atoms with Gasteiger partial charge in [-0.15, -0.1) is 0 Å². The van der Waals surface area contributed by atoms with Crippen molar-refractivity contribution in [3.8, 4) is 11.8 Å². The van der Waals surface area contributed by atoms with E-state index in [1.54, 1.807) is 6.92 Å². The van der Waals surface area contributed by atoms with E-state index in [4.69, 9.17) is 16.9 Å². The van der Waals surface area contributed by atoms with E-state index in [2.05, 4.69) is 6.07 Å². The summed E-state index contributed by atoms with van der Waals surface area (Å²) < 4.78 is 0. The SMILES string of the molecule is Cc1cc(C2(C#N)CC2)c(C)c(Cl)c1O. The van der Waals surface area contributed by atoms with Crippen LogP contribution in [0.25, 0.3) is 0 Å². The molecule has 1 aliphatic rings. The molecule has 0 unspecified atom stereocenters. The van der Waals surface area contributed by atoms with E-state index < -0.39 is 0 Å². The van der Waals surface area contributed by atoms with Crippen LogP contribution in [0.15, 0.2) is 6.07 Å². The van der Waals surface area contributed by atoms with Gasteiger partial charge in [-0.1, -0.05) is 17.7 Å². The van der Waals surface area contributed by atoms with Crippen LogP contribution in [-0.4, -0.2) is 5.11 Å². The summed E-state index contributed by atoms with van der Waals surface area (Å²) in [5.41, 5.74) is 2.21. The van der Waals surface area contributed by atoms with Crippen LogP contribution in [0.3, 0.4) is 0 Å². The Morgan fingerprint density at radius 1 is 1.47 bits per heavy atom.